The van der Waals surface area contributed by atoms with Crippen molar-refractivity contribution in [3.8, 4) is 0 Å². The number of hydrogen-bond acceptors (Lipinski definition) is 4. The maximum absolute atomic E-state index is 11.8. The first-order chi connectivity index (χ1) is 10.4. The Balaban J connectivity index is 2.17. The lowest BCUT2D eigenvalue weighted by atomic mass is 10.0. The fraction of sp³-hybridized carbons (Fsp3) is 0.889. The molecule has 0 heterocycles. The van der Waals surface area contributed by atoms with Gasteiger partial charge in [-0.1, -0.05) is 33.6 Å². The number of ether oxygens (including phenoxy) is 2. The SMILES string of the molecule is CCC(OC(=O)CCCC(=O)OC(C)C1CCCC1)C(C)C. The van der Waals surface area contributed by atoms with Gasteiger partial charge in [-0.3, -0.25) is 9.59 Å². The van der Waals surface area contributed by atoms with Crippen LogP contribution in [-0.4, -0.2) is 24.1 Å². The van der Waals surface area contributed by atoms with Gasteiger partial charge in [-0.15, -0.1) is 0 Å². The van der Waals surface area contributed by atoms with Gasteiger partial charge in [0.25, 0.3) is 0 Å². The minimum atomic E-state index is -0.211. The Morgan fingerprint density at radius 1 is 1.00 bits per heavy atom. The van der Waals surface area contributed by atoms with Gasteiger partial charge in [-0.25, -0.2) is 0 Å². The lowest BCUT2D eigenvalue weighted by molar-refractivity contribution is -0.153. The first-order valence-electron chi connectivity index (χ1n) is 8.83. The van der Waals surface area contributed by atoms with E-state index >= 15 is 0 Å². The Kier molecular flexibility index (Phi) is 8.51. The molecule has 0 bridgehead atoms. The van der Waals surface area contributed by atoms with Gasteiger partial charge in [0.2, 0.25) is 0 Å². The third kappa shape index (κ3) is 6.80. The minimum absolute atomic E-state index is 0.00682. The predicted molar refractivity (Wildman–Crippen MR) is 86.4 cm³/mol. The van der Waals surface area contributed by atoms with Gasteiger partial charge < -0.3 is 9.47 Å². The molecule has 0 N–H and O–H groups in total. The molecule has 1 rings (SSSR count). The van der Waals surface area contributed by atoms with Crippen LogP contribution in [0.1, 0.15) is 79.1 Å². The Hall–Kier alpha value is -1.06. The molecule has 4 heteroatoms. The minimum Gasteiger partial charge on any atom is -0.462 e. The highest BCUT2D eigenvalue weighted by Crippen LogP contribution is 2.29. The van der Waals surface area contributed by atoms with E-state index < -0.39 is 0 Å². The molecule has 22 heavy (non-hydrogen) atoms. The van der Waals surface area contributed by atoms with Crippen molar-refractivity contribution in [1.82, 2.24) is 0 Å². The van der Waals surface area contributed by atoms with Gasteiger partial charge in [0, 0.05) is 12.8 Å². The van der Waals surface area contributed by atoms with E-state index in [2.05, 4.69) is 0 Å². The zero-order valence-electron chi connectivity index (χ0n) is 14.6. The monoisotopic (exact) mass is 312 g/mol. The maximum Gasteiger partial charge on any atom is 0.306 e. The molecule has 1 aliphatic carbocycles. The number of carbonyl (C=O) groups is 2. The summed E-state index contributed by atoms with van der Waals surface area (Å²) in [4.78, 5) is 23.6. The highest BCUT2D eigenvalue weighted by Gasteiger charge is 2.24. The molecule has 0 spiro atoms. The first kappa shape index (κ1) is 19.0. The molecule has 0 radical (unpaired) electrons. The van der Waals surface area contributed by atoms with Crippen molar-refractivity contribution in [2.45, 2.75) is 91.3 Å². The van der Waals surface area contributed by atoms with Crippen LogP contribution in [0.4, 0.5) is 0 Å². The number of carbonyl (C=O) groups excluding carboxylic acids is 2. The standard InChI is InChI=1S/C18H32O4/c1-5-16(13(2)3)22-18(20)12-8-11-17(19)21-14(4)15-9-6-7-10-15/h13-16H,5-12H2,1-4H3. The lowest BCUT2D eigenvalue weighted by Crippen LogP contribution is -2.23. The van der Waals surface area contributed by atoms with Crippen molar-refractivity contribution in [1.29, 1.82) is 0 Å². The fourth-order valence-electron chi connectivity index (χ4n) is 3.08. The number of esters is 2. The number of rotatable bonds is 9. The van der Waals surface area contributed by atoms with E-state index in [-0.39, 0.29) is 30.6 Å². The van der Waals surface area contributed by atoms with Gasteiger partial charge in [-0.2, -0.15) is 0 Å². The van der Waals surface area contributed by atoms with Crippen LogP contribution in [-0.2, 0) is 19.1 Å². The van der Waals surface area contributed by atoms with Crippen molar-refractivity contribution in [3.05, 3.63) is 0 Å². The van der Waals surface area contributed by atoms with Gasteiger partial charge >= 0.3 is 11.9 Å². The Labute approximate surface area is 134 Å². The second-order valence-electron chi connectivity index (χ2n) is 6.77. The van der Waals surface area contributed by atoms with E-state index in [4.69, 9.17) is 9.47 Å². The van der Waals surface area contributed by atoms with Crippen LogP contribution in [0.2, 0.25) is 0 Å². The third-order valence-corrected chi connectivity index (χ3v) is 4.57. The second-order valence-corrected chi connectivity index (χ2v) is 6.77. The summed E-state index contributed by atoms with van der Waals surface area (Å²) in [6.07, 6.45) is 6.70. The molecule has 1 saturated carbocycles. The van der Waals surface area contributed by atoms with Crippen LogP contribution >= 0.6 is 0 Å². The number of hydrogen-bond donors (Lipinski definition) is 0. The topological polar surface area (TPSA) is 52.6 Å². The summed E-state index contributed by atoms with van der Waals surface area (Å²) >= 11 is 0. The quantitative estimate of drug-likeness (QED) is 0.597. The van der Waals surface area contributed by atoms with Crippen molar-refractivity contribution in [2.75, 3.05) is 0 Å². The van der Waals surface area contributed by atoms with Crippen molar-refractivity contribution in [2.24, 2.45) is 11.8 Å². The highest BCUT2D eigenvalue weighted by molar-refractivity contribution is 5.72. The molecule has 2 atom stereocenters. The normalized spacial score (nSPS) is 18.2. The van der Waals surface area contributed by atoms with Gasteiger partial charge in [0.15, 0.2) is 0 Å². The Morgan fingerprint density at radius 2 is 1.55 bits per heavy atom. The molecule has 1 fully saturated rings. The maximum atomic E-state index is 11.8. The molecule has 0 saturated heterocycles. The van der Waals surface area contributed by atoms with Crippen LogP contribution in [0.3, 0.4) is 0 Å². The van der Waals surface area contributed by atoms with E-state index in [1.807, 2.05) is 27.7 Å². The molecular weight excluding hydrogens is 280 g/mol. The van der Waals surface area contributed by atoms with Crippen molar-refractivity contribution in [3.63, 3.8) is 0 Å². The third-order valence-electron chi connectivity index (χ3n) is 4.57. The molecule has 0 aliphatic heterocycles. The van der Waals surface area contributed by atoms with Gasteiger partial charge in [0.05, 0.1) is 0 Å². The smallest absolute Gasteiger partial charge is 0.306 e. The summed E-state index contributed by atoms with van der Waals surface area (Å²) in [6.45, 7) is 8.09. The summed E-state index contributed by atoms with van der Waals surface area (Å²) < 4.78 is 10.9. The van der Waals surface area contributed by atoms with Gasteiger partial charge in [-0.05, 0) is 44.4 Å². The van der Waals surface area contributed by atoms with Crippen LogP contribution in [0.5, 0.6) is 0 Å². The average molecular weight is 312 g/mol. The molecule has 0 aromatic rings. The van der Waals surface area contributed by atoms with Crippen molar-refractivity contribution < 1.29 is 19.1 Å². The largest absolute Gasteiger partial charge is 0.462 e. The molecule has 0 aromatic heterocycles. The zero-order chi connectivity index (χ0) is 16.5. The summed E-state index contributed by atoms with van der Waals surface area (Å²) in [7, 11) is 0. The summed E-state index contributed by atoms with van der Waals surface area (Å²) in [5, 5.41) is 0. The van der Waals surface area contributed by atoms with Gasteiger partial charge in [0.1, 0.15) is 12.2 Å². The fourth-order valence-corrected chi connectivity index (χ4v) is 3.08. The molecule has 0 aromatic carbocycles. The lowest BCUT2D eigenvalue weighted by Gasteiger charge is -2.20. The summed E-state index contributed by atoms with van der Waals surface area (Å²) in [5.41, 5.74) is 0. The van der Waals surface area contributed by atoms with Crippen LogP contribution in [0.15, 0.2) is 0 Å². The van der Waals surface area contributed by atoms with E-state index in [0.717, 1.165) is 19.3 Å². The molecule has 128 valence electrons. The summed E-state index contributed by atoms with van der Waals surface area (Å²) in [5.74, 6) is 0.441. The van der Waals surface area contributed by atoms with Crippen LogP contribution in [0.25, 0.3) is 0 Å². The first-order valence-corrected chi connectivity index (χ1v) is 8.83. The van der Waals surface area contributed by atoms with E-state index in [1.165, 1.54) is 12.8 Å². The average Bonchev–Trinajstić information content (AvgIpc) is 2.98. The molecular formula is C18H32O4. The molecule has 2 unspecified atom stereocenters. The molecule has 4 nitrogen and oxygen atoms in total. The molecule has 1 aliphatic rings. The van der Waals surface area contributed by atoms with E-state index in [0.29, 0.717) is 24.7 Å². The Bertz CT molecular complexity index is 345. The van der Waals surface area contributed by atoms with E-state index in [9.17, 15) is 9.59 Å². The predicted octanol–water partition coefficient (Wildman–Crippen LogP) is 4.26. The zero-order valence-corrected chi connectivity index (χ0v) is 14.6. The molecule has 0 amide bonds. The van der Waals surface area contributed by atoms with Crippen LogP contribution in [0, 0.1) is 11.8 Å². The van der Waals surface area contributed by atoms with Crippen LogP contribution < -0.4 is 0 Å². The van der Waals surface area contributed by atoms with Crippen molar-refractivity contribution >= 4 is 11.9 Å². The highest BCUT2D eigenvalue weighted by atomic mass is 16.5. The van der Waals surface area contributed by atoms with E-state index in [1.54, 1.807) is 0 Å². The Morgan fingerprint density at radius 3 is 2.05 bits per heavy atom. The summed E-state index contributed by atoms with van der Waals surface area (Å²) in [6, 6.07) is 0. The second kappa shape index (κ2) is 9.86.